The maximum Gasteiger partial charge on any atom is 0.573 e. The molecule has 0 bridgehead atoms. The number of hydrogen-bond acceptors (Lipinski definition) is 2. The van der Waals surface area contributed by atoms with Crippen molar-refractivity contribution < 1.29 is 17.9 Å². The molecule has 0 atom stereocenters. The van der Waals surface area contributed by atoms with Crippen LogP contribution in [0, 0.1) is 6.92 Å². The molecule has 1 aromatic rings. The molecule has 1 N–H and O–H groups in total. The van der Waals surface area contributed by atoms with Crippen LogP contribution in [-0.4, -0.2) is 6.36 Å². The minimum Gasteiger partial charge on any atom is -0.406 e. The Kier molecular flexibility index (Phi) is 3.60. The molecule has 5 heteroatoms. The zero-order chi connectivity index (χ0) is 11.3. The van der Waals surface area contributed by atoms with Gasteiger partial charge >= 0.3 is 6.36 Å². The van der Waals surface area contributed by atoms with Gasteiger partial charge in [0.2, 0.25) is 0 Å². The lowest BCUT2D eigenvalue weighted by molar-refractivity contribution is -0.274. The fraction of sp³-hybridized carbons (Fsp3) is 0.100. The number of allylic oxidation sites excluding steroid dienone is 1. The Morgan fingerprint density at radius 2 is 1.80 bits per heavy atom. The van der Waals surface area contributed by atoms with Crippen molar-refractivity contribution in [2.24, 2.45) is 0 Å². The van der Waals surface area contributed by atoms with Crippen molar-refractivity contribution in [3.8, 4) is 5.75 Å². The lowest BCUT2D eigenvalue weighted by atomic mass is 10.3. The number of alkyl halides is 3. The van der Waals surface area contributed by atoms with E-state index in [-0.39, 0.29) is 5.75 Å². The summed E-state index contributed by atoms with van der Waals surface area (Å²) in [5.41, 5.74) is 0.657. The minimum atomic E-state index is -4.65. The molecule has 0 heterocycles. The predicted octanol–water partition coefficient (Wildman–Crippen LogP) is 3.34. The Balaban J connectivity index is 2.64. The number of nitrogens with one attached hydrogen (secondary N) is 1. The van der Waals surface area contributed by atoms with Crippen molar-refractivity contribution in [2.75, 3.05) is 5.32 Å². The van der Waals surface area contributed by atoms with E-state index in [9.17, 15) is 13.2 Å². The zero-order valence-electron chi connectivity index (χ0n) is 7.71. The summed E-state index contributed by atoms with van der Waals surface area (Å²) in [6.07, 6.45) is -1.55. The molecular weight excluding hydrogens is 207 g/mol. The summed E-state index contributed by atoms with van der Waals surface area (Å²) in [6, 6.07) is 5.40. The molecule has 0 amide bonds. The normalized spacial score (nSPS) is 11.7. The molecule has 1 radical (unpaired) electrons. The molecule has 1 rings (SSSR count). The van der Waals surface area contributed by atoms with E-state index in [0.29, 0.717) is 5.69 Å². The Labute approximate surface area is 85.4 Å². The Morgan fingerprint density at radius 3 is 2.27 bits per heavy atom. The Hall–Kier alpha value is -1.65. The van der Waals surface area contributed by atoms with Gasteiger partial charge < -0.3 is 10.1 Å². The van der Waals surface area contributed by atoms with Gasteiger partial charge in [0.25, 0.3) is 0 Å². The molecule has 0 spiro atoms. The summed E-state index contributed by atoms with van der Waals surface area (Å²) in [7, 11) is 0. The van der Waals surface area contributed by atoms with Crippen LogP contribution in [0.3, 0.4) is 0 Å². The summed E-state index contributed by atoms with van der Waals surface area (Å²) >= 11 is 0. The average Bonchev–Trinajstić information content (AvgIpc) is 2.14. The van der Waals surface area contributed by atoms with Crippen LogP contribution < -0.4 is 10.1 Å². The Bertz CT molecular complexity index is 330. The van der Waals surface area contributed by atoms with E-state index in [4.69, 9.17) is 0 Å². The van der Waals surface area contributed by atoms with Gasteiger partial charge in [-0.1, -0.05) is 6.08 Å². The molecular formula is C10H9F3NO. The number of halogens is 3. The highest BCUT2D eigenvalue weighted by Gasteiger charge is 2.30. The van der Waals surface area contributed by atoms with Gasteiger partial charge in [0.1, 0.15) is 5.75 Å². The summed E-state index contributed by atoms with van der Waals surface area (Å²) in [6.45, 7) is 3.45. The smallest absolute Gasteiger partial charge is 0.406 e. The predicted molar refractivity (Wildman–Crippen MR) is 51.2 cm³/mol. The second-order valence-electron chi connectivity index (χ2n) is 2.62. The first-order valence-electron chi connectivity index (χ1n) is 4.08. The molecule has 0 unspecified atom stereocenters. The number of anilines is 1. The first-order chi connectivity index (χ1) is 7.01. The molecule has 0 aliphatic carbocycles. The highest BCUT2D eigenvalue weighted by molar-refractivity contribution is 5.48. The van der Waals surface area contributed by atoms with Crippen molar-refractivity contribution in [3.05, 3.63) is 43.5 Å². The second-order valence-corrected chi connectivity index (χ2v) is 2.62. The number of benzene rings is 1. The van der Waals surface area contributed by atoms with Crippen molar-refractivity contribution >= 4 is 5.69 Å². The van der Waals surface area contributed by atoms with Crippen LogP contribution >= 0.6 is 0 Å². The van der Waals surface area contributed by atoms with Crippen LogP contribution in [-0.2, 0) is 0 Å². The first-order valence-corrected chi connectivity index (χ1v) is 4.08. The molecule has 0 saturated carbocycles. The third-order valence-electron chi connectivity index (χ3n) is 1.46. The lowest BCUT2D eigenvalue weighted by Gasteiger charge is -2.09. The largest absolute Gasteiger partial charge is 0.573 e. The van der Waals surface area contributed by atoms with Gasteiger partial charge in [-0.25, -0.2) is 0 Å². The SMILES string of the molecule is [CH2]C=CNc1ccc(OC(F)(F)F)cc1. The summed E-state index contributed by atoms with van der Waals surface area (Å²) in [5, 5.41) is 2.80. The van der Waals surface area contributed by atoms with E-state index >= 15 is 0 Å². The summed E-state index contributed by atoms with van der Waals surface area (Å²) < 4.78 is 39.1. The van der Waals surface area contributed by atoms with Gasteiger partial charge in [0, 0.05) is 5.69 Å². The van der Waals surface area contributed by atoms with Crippen LogP contribution in [0.1, 0.15) is 0 Å². The van der Waals surface area contributed by atoms with Crippen LogP contribution in [0.2, 0.25) is 0 Å². The van der Waals surface area contributed by atoms with Crippen molar-refractivity contribution in [1.29, 1.82) is 0 Å². The summed E-state index contributed by atoms with van der Waals surface area (Å²) in [4.78, 5) is 0. The molecule has 0 aromatic heterocycles. The highest BCUT2D eigenvalue weighted by Crippen LogP contribution is 2.23. The first kappa shape index (κ1) is 11.4. The molecule has 0 saturated heterocycles. The molecule has 81 valence electrons. The van der Waals surface area contributed by atoms with E-state index in [1.807, 2.05) is 0 Å². The minimum absolute atomic E-state index is 0.244. The van der Waals surface area contributed by atoms with Crippen LogP contribution in [0.25, 0.3) is 0 Å². The number of ether oxygens (including phenoxy) is 1. The number of rotatable bonds is 3. The quantitative estimate of drug-likeness (QED) is 0.836. The van der Waals surface area contributed by atoms with E-state index in [1.54, 1.807) is 6.20 Å². The van der Waals surface area contributed by atoms with E-state index in [0.717, 1.165) is 0 Å². The van der Waals surface area contributed by atoms with Gasteiger partial charge in [-0.2, -0.15) is 0 Å². The second kappa shape index (κ2) is 4.72. The third kappa shape index (κ3) is 4.39. The Morgan fingerprint density at radius 1 is 1.20 bits per heavy atom. The van der Waals surface area contributed by atoms with Gasteiger partial charge in [0.15, 0.2) is 0 Å². The van der Waals surface area contributed by atoms with Crippen LogP contribution in [0.15, 0.2) is 36.5 Å². The van der Waals surface area contributed by atoms with E-state index < -0.39 is 6.36 Å². The molecule has 0 fully saturated rings. The fourth-order valence-electron chi connectivity index (χ4n) is 0.908. The van der Waals surface area contributed by atoms with Crippen molar-refractivity contribution in [2.45, 2.75) is 6.36 Å². The van der Waals surface area contributed by atoms with Gasteiger partial charge in [-0.3, -0.25) is 0 Å². The van der Waals surface area contributed by atoms with Crippen LogP contribution in [0.4, 0.5) is 18.9 Å². The van der Waals surface area contributed by atoms with Crippen molar-refractivity contribution in [1.82, 2.24) is 0 Å². The summed E-state index contributed by atoms with van der Waals surface area (Å²) in [5.74, 6) is -0.244. The van der Waals surface area contributed by atoms with E-state index in [2.05, 4.69) is 17.0 Å². The van der Waals surface area contributed by atoms with Gasteiger partial charge in [0.05, 0.1) is 0 Å². The maximum atomic E-state index is 11.8. The van der Waals surface area contributed by atoms with Gasteiger partial charge in [-0.05, 0) is 37.4 Å². The lowest BCUT2D eigenvalue weighted by Crippen LogP contribution is -2.16. The number of hydrogen-bond donors (Lipinski definition) is 1. The molecule has 1 aromatic carbocycles. The average molecular weight is 216 g/mol. The molecule has 0 aliphatic rings. The zero-order valence-corrected chi connectivity index (χ0v) is 7.71. The van der Waals surface area contributed by atoms with E-state index in [1.165, 1.54) is 30.3 Å². The fourth-order valence-corrected chi connectivity index (χ4v) is 0.908. The maximum absolute atomic E-state index is 11.8. The topological polar surface area (TPSA) is 21.3 Å². The molecule has 15 heavy (non-hydrogen) atoms. The molecule has 2 nitrogen and oxygen atoms in total. The third-order valence-corrected chi connectivity index (χ3v) is 1.46. The highest BCUT2D eigenvalue weighted by atomic mass is 19.4. The van der Waals surface area contributed by atoms with Crippen molar-refractivity contribution in [3.63, 3.8) is 0 Å². The molecule has 0 aliphatic heterocycles. The van der Waals surface area contributed by atoms with Gasteiger partial charge in [-0.15, -0.1) is 13.2 Å². The monoisotopic (exact) mass is 216 g/mol. The van der Waals surface area contributed by atoms with Crippen LogP contribution in [0.5, 0.6) is 5.75 Å². The standard InChI is InChI=1S/C10H9F3NO/c1-2-7-14-8-3-5-9(6-4-8)15-10(11,12)13/h2-7,14H,1H2.